The minimum absolute atomic E-state index is 0.102. The van der Waals surface area contributed by atoms with Crippen LogP contribution in [0.2, 0.25) is 0 Å². The van der Waals surface area contributed by atoms with Crippen molar-refractivity contribution in [1.82, 2.24) is 31.2 Å². The van der Waals surface area contributed by atoms with E-state index in [1.54, 1.807) is 12.4 Å². The van der Waals surface area contributed by atoms with Crippen molar-refractivity contribution in [2.24, 2.45) is 0 Å². The summed E-state index contributed by atoms with van der Waals surface area (Å²) in [6, 6.07) is 18.8. The van der Waals surface area contributed by atoms with E-state index in [0.717, 1.165) is 60.8 Å². The summed E-state index contributed by atoms with van der Waals surface area (Å²) in [4.78, 5) is 57.3. The van der Waals surface area contributed by atoms with E-state index in [1.807, 2.05) is 60.7 Å². The number of pyridine rings is 2. The Morgan fingerprint density at radius 1 is 0.426 bits per heavy atom. The van der Waals surface area contributed by atoms with Gasteiger partial charge in [0.2, 0.25) is 23.6 Å². The summed E-state index contributed by atoms with van der Waals surface area (Å²) in [5, 5.41) is 20.3. The quantitative estimate of drug-likeness (QED) is 0.0392. The van der Waals surface area contributed by atoms with Crippen LogP contribution in [0.5, 0.6) is 0 Å². The van der Waals surface area contributed by atoms with Crippen LogP contribution in [0.3, 0.4) is 0 Å². The van der Waals surface area contributed by atoms with Crippen molar-refractivity contribution in [3.8, 4) is 0 Å². The summed E-state index contributed by atoms with van der Waals surface area (Å²) in [6.45, 7) is 4.94. The van der Waals surface area contributed by atoms with Crippen molar-refractivity contribution in [3.63, 3.8) is 0 Å². The first-order valence-corrected chi connectivity index (χ1v) is 19.7. The summed E-state index contributed by atoms with van der Waals surface area (Å²) in [5.74, 6) is -0.555. The predicted molar refractivity (Wildman–Crippen MR) is 217 cm³/mol. The molecule has 4 rings (SSSR count). The number of unbranched alkanes of at least 4 members (excludes halogenated alkanes) is 7. The average molecular weight is 739 g/mol. The molecule has 0 saturated carbocycles. The van der Waals surface area contributed by atoms with E-state index in [9.17, 15) is 19.2 Å². The Morgan fingerprint density at radius 2 is 0.815 bits per heavy atom. The fourth-order valence-corrected chi connectivity index (χ4v) is 6.08. The monoisotopic (exact) mass is 738 g/mol. The SMILES string of the molecule is O=C(CCC(=O)Nc1ccc2ncccc2c1)NCCCNCCCCCCCCCCNCCCNC(=O)CCC(=O)Nc1ccc2ncccc2c1. The lowest BCUT2D eigenvalue weighted by Gasteiger charge is -2.08. The molecular formula is C42H58N8O4. The number of hydrogen-bond donors (Lipinski definition) is 6. The second-order valence-corrected chi connectivity index (χ2v) is 13.7. The largest absolute Gasteiger partial charge is 0.356 e. The van der Waals surface area contributed by atoms with Crippen LogP contribution in [0, 0.1) is 0 Å². The van der Waals surface area contributed by atoms with Crippen LogP contribution in [-0.4, -0.2) is 72.9 Å². The topological polar surface area (TPSA) is 166 Å². The Hall–Kier alpha value is -4.94. The highest BCUT2D eigenvalue weighted by Crippen LogP contribution is 2.18. The molecule has 2 aromatic carbocycles. The van der Waals surface area contributed by atoms with Crippen molar-refractivity contribution >= 4 is 56.8 Å². The van der Waals surface area contributed by atoms with Crippen LogP contribution < -0.4 is 31.9 Å². The molecule has 0 radical (unpaired) electrons. The standard InChI is InChI=1S/C42H58N8O4/c51-39(19-21-41(53)49-35-15-17-37-33(31-35)13-9-27-45-37)47-29-11-25-43-23-7-5-3-1-2-4-6-8-24-44-26-12-30-48-40(52)20-22-42(54)50-36-16-18-38-34(32-36)14-10-28-46-38/h9-10,13-18,27-28,31-32,43-44H,1-8,11-12,19-26,29-30H2,(H,47,51)(H,48,52)(H,49,53)(H,50,54). The van der Waals surface area contributed by atoms with Crippen molar-refractivity contribution in [2.45, 2.75) is 89.9 Å². The number of carbonyl (C=O) groups is 4. The molecule has 0 aliphatic heterocycles. The lowest BCUT2D eigenvalue weighted by Crippen LogP contribution is -2.28. The lowest BCUT2D eigenvalue weighted by atomic mass is 10.1. The summed E-state index contributed by atoms with van der Waals surface area (Å²) >= 11 is 0. The average Bonchev–Trinajstić information content (AvgIpc) is 3.18. The van der Waals surface area contributed by atoms with Crippen LogP contribution in [0.4, 0.5) is 11.4 Å². The number of nitrogens with one attached hydrogen (secondary N) is 6. The van der Waals surface area contributed by atoms with Gasteiger partial charge in [0.15, 0.2) is 0 Å². The van der Waals surface area contributed by atoms with Gasteiger partial charge >= 0.3 is 0 Å². The lowest BCUT2D eigenvalue weighted by molar-refractivity contribution is -0.124. The molecule has 0 aliphatic carbocycles. The molecule has 0 saturated heterocycles. The number of anilines is 2. The Balaban J connectivity index is 0.835. The highest BCUT2D eigenvalue weighted by Gasteiger charge is 2.09. The maximum Gasteiger partial charge on any atom is 0.224 e. The van der Waals surface area contributed by atoms with E-state index in [-0.39, 0.29) is 49.3 Å². The number of nitrogens with zero attached hydrogens (tertiary/aromatic N) is 2. The van der Waals surface area contributed by atoms with Gasteiger partial charge in [-0.2, -0.15) is 0 Å². The first-order valence-electron chi connectivity index (χ1n) is 19.7. The van der Waals surface area contributed by atoms with Gasteiger partial charge in [-0.05, 0) is 100 Å². The highest BCUT2D eigenvalue weighted by atomic mass is 16.2. The fraction of sp³-hybridized carbons (Fsp3) is 0.476. The molecule has 0 unspecified atom stereocenters. The van der Waals surface area contributed by atoms with Gasteiger partial charge in [0.25, 0.3) is 0 Å². The first kappa shape index (κ1) is 41.8. The molecule has 0 spiro atoms. The van der Waals surface area contributed by atoms with Gasteiger partial charge in [0.05, 0.1) is 11.0 Å². The molecule has 54 heavy (non-hydrogen) atoms. The van der Waals surface area contributed by atoms with Crippen LogP contribution >= 0.6 is 0 Å². The normalized spacial score (nSPS) is 11.0. The second kappa shape index (κ2) is 25.1. The Kier molecular flexibility index (Phi) is 19.5. The zero-order valence-electron chi connectivity index (χ0n) is 31.6. The third-order valence-corrected chi connectivity index (χ3v) is 9.09. The number of benzene rings is 2. The highest BCUT2D eigenvalue weighted by molar-refractivity contribution is 5.96. The third kappa shape index (κ3) is 17.3. The van der Waals surface area contributed by atoms with Crippen LogP contribution in [0.15, 0.2) is 73.1 Å². The van der Waals surface area contributed by atoms with Gasteiger partial charge in [-0.3, -0.25) is 29.1 Å². The summed E-state index contributed by atoms with van der Waals surface area (Å²) < 4.78 is 0. The molecular weight excluding hydrogens is 681 g/mol. The van der Waals surface area contributed by atoms with E-state index >= 15 is 0 Å². The van der Waals surface area contributed by atoms with Crippen LogP contribution in [-0.2, 0) is 19.2 Å². The molecule has 0 fully saturated rings. The fourth-order valence-electron chi connectivity index (χ4n) is 6.08. The molecule has 4 amide bonds. The second-order valence-electron chi connectivity index (χ2n) is 13.7. The van der Waals surface area contributed by atoms with Gasteiger partial charge in [0.1, 0.15) is 0 Å². The Morgan fingerprint density at radius 3 is 1.26 bits per heavy atom. The molecule has 0 aliphatic rings. The maximum absolute atomic E-state index is 12.3. The zero-order valence-corrected chi connectivity index (χ0v) is 31.6. The molecule has 290 valence electrons. The minimum atomic E-state index is -0.176. The number of aromatic nitrogens is 2. The van der Waals surface area contributed by atoms with Gasteiger partial charge in [-0.1, -0.05) is 50.7 Å². The molecule has 6 N–H and O–H groups in total. The number of carbonyl (C=O) groups excluding carboxylic acids is 4. The number of amides is 4. The Labute approximate surface area is 319 Å². The summed E-state index contributed by atoms with van der Waals surface area (Å²) in [6.07, 6.45) is 15.7. The van der Waals surface area contributed by atoms with E-state index in [4.69, 9.17) is 0 Å². The molecule has 0 bridgehead atoms. The third-order valence-electron chi connectivity index (χ3n) is 9.09. The van der Waals surface area contributed by atoms with Crippen LogP contribution in [0.25, 0.3) is 21.8 Å². The van der Waals surface area contributed by atoms with E-state index in [1.165, 1.54) is 51.4 Å². The Bertz CT molecular complexity index is 1620. The van der Waals surface area contributed by atoms with Crippen molar-refractivity contribution in [1.29, 1.82) is 0 Å². The summed E-state index contributed by atoms with van der Waals surface area (Å²) in [7, 11) is 0. The van der Waals surface area contributed by atoms with Crippen molar-refractivity contribution < 1.29 is 19.2 Å². The van der Waals surface area contributed by atoms with E-state index in [0.29, 0.717) is 24.5 Å². The first-order chi connectivity index (χ1) is 26.5. The molecule has 12 nitrogen and oxygen atoms in total. The number of rotatable bonds is 27. The predicted octanol–water partition coefficient (Wildman–Crippen LogP) is 6.23. The van der Waals surface area contributed by atoms with Gasteiger partial charge in [-0.25, -0.2) is 0 Å². The van der Waals surface area contributed by atoms with Gasteiger partial charge < -0.3 is 31.9 Å². The van der Waals surface area contributed by atoms with E-state index in [2.05, 4.69) is 41.9 Å². The number of fused-ring (bicyclic) bond motifs is 2. The zero-order chi connectivity index (χ0) is 38.1. The smallest absolute Gasteiger partial charge is 0.224 e. The molecule has 2 heterocycles. The van der Waals surface area contributed by atoms with Gasteiger partial charge in [0, 0.05) is 73.3 Å². The van der Waals surface area contributed by atoms with Gasteiger partial charge in [-0.15, -0.1) is 0 Å². The minimum Gasteiger partial charge on any atom is -0.356 e. The molecule has 4 aromatic rings. The molecule has 2 aromatic heterocycles. The molecule has 12 heteroatoms. The van der Waals surface area contributed by atoms with Crippen molar-refractivity contribution in [2.75, 3.05) is 49.9 Å². The maximum atomic E-state index is 12.3. The van der Waals surface area contributed by atoms with Crippen LogP contribution in [0.1, 0.15) is 89.9 Å². The number of hydrogen-bond acceptors (Lipinski definition) is 8. The summed E-state index contributed by atoms with van der Waals surface area (Å²) in [5.41, 5.74) is 3.15. The molecule has 0 atom stereocenters. The van der Waals surface area contributed by atoms with E-state index < -0.39 is 0 Å². The van der Waals surface area contributed by atoms with Crippen molar-refractivity contribution in [3.05, 3.63) is 73.1 Å².